The van der Waals surface area contributed by atoms with E-state index in [0.717, 1.165) is 18.8 Å². The van der Waals surface area contributed by atoms with Crippen LogP contribution in [-0.4, -0.2) is 37.0 Å². The van der Waals surface area contributed by atoms with Crippen molar-refractivity contribution in [3.63, 3.8) is 0 Å². The second kappa shape index (κ2) is 7.97. The Bertz CT molecular complexity index is 637. The number of rotatable bonds is 7. The van der Waals surface area contributed by atoms with Crippen LogP contribution in [0.25, 0.3) is 0 Å². The second-order valence-electron chi connectivity index (χ2n) is 5.82. The van der Waals surface area contributed by atoms with Crippen LogP contribution in [0.4, 0.5) is 4.39 Å². The fourth-order valence-electron chi connectivity index (χ4n) is 2.89. The number of benzene rings is 1. The number of carbonyl (C=O) groups is 1. The molecule has 128 valence electrons. The number of ether oxygens (including phenoxy) is 1. The van der Waals surface area contributed by atoms with Crippen molar-refractivity contribution in [2.24, 2.45) is 0 Å². The average molecular weight is 332 g/mol. The van der Waals surface area contributed by atoms with Gasteiger partial charge < -0.3 is 14.5 Å². The van der Waals surface area contributed by atoms with Crippen LogP contribution in [0, 0.1) is 5.82 Å². The summed E-state index contributed by atoms with van der Waals surface area (Å²) >= 11 is 0. The minimum Gasteiger partial charge on any atom is -0.484 e. The molecule has 0 radical (unpaired) electrons. The summed E-state index contributed by atoms with van der Waals surface area (Å²) in [5.41, 5.74) is 0. The summed E-state index contributed by atoms with van der Waals surface area (Å²) in [6.45, 7) is 2.39. The molecule has 1 aliphatic heterocycles. The molecule has 1 fully saturated rings. The minimum absolute atomic E-state index is 0.0391. The first-order valence-electron chi connectivity index (χ1n) is 8.15. The molecule has 0 aliphatic carbocycles. The maximum atomic E-state index is 12.8. The summed E-state index contributed by atoms with van der Waals surface area (Å²) in [6.07, 6.45) is 3.98. The van der Waals surface area contributed by atoms with Crippen molar-refractivity contribution in [3.8, 4) is 5.75 Å². The van der Waals surface area contributed by atoms with Gasteiger partial charge in [-0.05, 0) is 62.3 Å². The van der Waals surface area contributed by atoms with Crippen LogP contribution in [-0.2, 0) is 4.79 Å². The van der Waals surface area contributed by atoms with Crippen molar-refractivity contribution in [1.82, 2.24) is 10.2 Å². The van der Waals surface area contributed by atoms with Crippen molar-refractivity contribution in [3.05, 3.63) is 54.2 Å². The van der Waals surface area contributed by atoms with Crippen molar-refractivity contribution in [2.45, 2.75) is 18.9 Å². The molecule has 1 saturated heterocycles. The predicted octanol–water partition coefficient (Wildman–Crippen LogP) is 2.75. The Kier molecular flexibility index (Phi) is 5.48. The molecule has 1 aliphatic rings. The molecule has 0 bridgehead atoms. The van der Waals surface area contributed by atoms with Gasteiger partial charge in [-0.3, -0.25) is 9.69 Å². The molecule has 0 spiro atoms. The van der Waals surface area contributed by atoms with Gasteiger partial charge in [0.25, 0.3) is 5.91 Å². The lowest BCUT2D eigenvalue weighted by molar-refractivity contribution is -0.123. The van der Waals surface area contributed by atoms with E-state index >= 15 is 0 Å². The topological polar surface area (TPSA) is 54.7 Å². The molecule has 3 rings (SSSR count). The van der Waals surface area contributed by atoms with Gasteiger partial charge in [0.15, 0.2) is 6.61 Å². The first kappa shape index (κ1) is 16.5. The van der Waals surface area contributed by atoms with Crippen LogP contribution >= 0.6 is 0 Å². The molecule has 6 heteroatoms. The molecule has 1 amide bonds. The second-order valence-corrected chi connectivity index (χ2v) is 5.82. The molecule has 1 atom stereocenters. The summed E-state index contributed by atoms with van der Waals surface area (Å²) in [5, 5.41) is 2.89. The van der Waals surface area contributed by atoms with E-state index in [1.807, 2.05) is 12.1 Å². The number of carbonyl (C=O) groups excluding carboxylic acids is 1. The Morgan fingerprint density at radius 2 is 2.00 bits per heavy atom. The first-order chi connectivity index (χ1) is 11.7. The summed E-state index contributed by atoms with van der Waals surface area (Å²) in [7, 11) is 0. The zero-order valence-electron chi connectivity index (χ0n) is 13.4. The lowest BCUT2D eigenvalue weighted by atomic mass is 10.2. The van der Waals surface area contributed by atoms with E-state index in [1.165, 1.54) is 37.1 Å². The van der Waals surface area contributed by atoms with Gasteiger partial charge in [0.2, 0.25) is 0 Å². The van der Waals surface area contributed by atoms with E-state index in [9.17, 15) is 9.18 Å². The Morgan fingerprint density at radius 3 is 2.67 bits per heavy atom. The molecular formula is C18H21FN2O3. The van der Waals surface area contributed by atoms with Crippen LogP contribution in [0.2, 0.25) is 0 Å². The Hall–Kier alpha value is -2.34. The lowest BCUT2D eigenvalue weighted by Crippen LogP contribution is -2.38. The molecule has 2 aromatic rings. The Labute approximate surface area is 140 Å². The monoisotopic (exact) mass is 332 g/mol. The molecule has 1 aromatic carbocycles. The van der Waals surface area contributed by atoms with E-state index < -0.39 is 0 Å². The number of halogens is 1. The van der Waals surface area contributed by atoms with Crippen LogP contribution < -0.4 is 10.1 Å². The standard InChI is InChI=1S/C18H21FN2O3/c19-14-5-7-15(8-6-14)24-13-18(22)20-12-16(17-4-3-11-23-17)21-9-1-2-10-21/h3-8,11,16H,1-2,9-10,12-13H2,(H,20,22)/t16-/m1/s1. The normalized spacial score (nSPS) is 16.0. The fourth-order valence-corrected chi connectivity index (χ4v) is 2.89. The lowest BCUT2D eigenvalue weighted by Gasteiger charge is -2.26. The molecule has 0 unspecified atom stereocenters. The highest BCUT2D eigenvalue weighted by atomic mass is 19.1. The SMILES string of the molecule is O=C(COc1ccc(F)cc1)NC[C@H](c1ccco1)N1CCCC1. The summed E-state index contributed by atoms with van der Waals surface area (Å²) in [6, 6.07) is 9.43. The molecule has 5 nitrogen and oxygen atoms in total. The van der Waals surface area contributed by atoms with Crippen molar-refractivity contribution >= 4 is 5.91 Å². The largest absolute Gasteiger partial charge is 0.484 e. The maximum Gasteiger partial charge on any atom is 0.258 e. The number of furan rings is 1. The zero-order chi connectivity index (χ0) is 16.8. The molecular weight excluding hydrogens is 311 g/mol. The van der Waals surface area contributed by atoms with Crippen molar-refractivity contribution in [2.75, 3.05) is 26.2 Å². The van der Waals surface area contributed by atoms with E-state index in [0.29, 0.717) is 12.3 Å². The fraction of sp³-hybridized carbons (Fsp3) is 0.389. The smallest absolute Gasteiger partial charge is 0.258 e. The zero-order valence-corrected chi connectivity index (χ0v) is 13.4. The van der Waals surface area contributed by atoms with Gasteiger partial charge in [-0.2, -0.15) is 0 Å². The average Bonchev–Trinajstić information content (AvgIpc) is 3.29. The maximum absolute atomic E-state index is 12.8. The number of hydrogen-bond acceptors (Lipinski definition) is 4. The molecule has 1 aromatic heterocycles. The first-order valence-corrected chi connectivity index (χ1v) is 8.15. The summed E-state index contributed by atoms with van der Waals surface area (Å²) < 4.78 is 23.7. The third-order valence-corrected chi connectivity index (χ3v) is 4.13. The minimum atomic E-state index is -0.335. The van der Waals surface area contributed by atoms with Crippen molar-refractivity contribution < 1.29 is 18.3 Å². The van der Waals surface area contributed by atoms with Gasteiger partial charge in [-0.15, -0.1) is 0 Å². The number of amides is 1. The third-order valence-electron chi connectivity index (χ3n) is 4.13. The predicted molar refractivity (Wildman–Crippen MR) is 87.2 cm³/mol. The molecule has 0 saturated carbocycles. The molecule has 1 N–H and O–H groups in total. The van der Waals surface area contributed by atoms with E-state index in [4.69, 9.17) is 9.15 Å². The van der Waals surface area contributed by atoms with Gasteiger partial charge in [0.1, 0.15) is 17.3 Å². The van der Waals surface area contributed by atoms with Crippen LogP contribution in [0.5, 0.6) is 5.75 Å². The van der Waals surface area contributed by atoms with Crippen molar-refractivity contribution in [1.29, 1.82) is 0 Å². The van der Waals surface area contributed by atoms with Gasteiger partial charge >= 0.3 is 0 Å². The number of nitrogens with zero attached hydrogens (tertiary/aromatic N) is 1. The van der Waals surface area contributed by atoms with Gasteiger partial charge in [-0.1, -0.05) is 0 Å². The van der Waals surface area contributed by atoms with E-state index in [1.54, 1.807) is 6.26 Å². The Morgan fingerprint density at radius 1 is 1.25 bits per heavy atom. The van der Waals surface area contributed by atoms with Gasteiger partial charge in [0, 0.05) is 6.54 Å². The highest BCUT2D eigenvalue weighted by molar-refractivity contribution is 5.77. The highest BCUT2D eigenvalue weighted by Crippen LogP contribution is 2.24. The number of nitrogens with one attached hydrogen (secondary N) is 1. The summed E-state index contributed by atoms with van der Waals surface area (Å²) in [4.78, 5) is 14.3. The van der Waals surface area contributed by atoms with Crippen LogP contribution in [0.1, 0.15) is 24.6 Å². The quantitative estimate of drug-likeness (QED) is 0.847. The number of likely N-dealkylation sites (tertiary alicyclic amines) is 1. The molecule has 2 heterocycles. The highest BCUT2D eigenvalue weighted by Gasteiger charge is 2.25. The number of hydrogen-bond donors (Lipinski definition) is 1. The third kappa shape index (κ3) is 4.35. The Balaban J connectivity index is 1.50. The van der Waals surface area contributed by atoms with E-state index in [2.05, 4.69) is 10.2 Å². The molecule has 24 heavy (non-hydrogen) atoms. The van der Waals surface area contributed by atoms with Gasteiger partial charge in [-0.25, -0.2) is 4.39 Å². The van der Waals surface area contributed by atoms with Crippen LogP contribution in [0.3, 0.4) is 0 Å². The van der Waals surface area contributed by atoms with Gasteiger partial charge in [0.05, 0.1) is 12.3 Å². The summed E-state index contributed by atoms with van der Waals surface area (Å²) in [5.74, 6) is 0.777. The van der Waals surface area contributed by atoms with E-state index in [-0.39, 0.29) is 24.4 Å². The van der Waals surface area contributed by atoms with Crippen LogP contribution in [0.15, 0.2) is 47.1 Å².